The molecule has 2 amide bonds. The normalized spacial score (nSPS) is 23.0. The molecule has 0 bridgehead atoms. The fraction of sp³-hybridized carbons (Fsp3) is 0.875. The molecule has 2 rings (SSSR count). The first-order valence-corrected chi connectivity index (χ1v) is 8.36. The average Bonchev–Trinajstić information content (AvgIpc) is 3.09. The van der Waals surface area contributed by atoms with Gasteiger partial charge in [0, 0.05) is 24.9 Å². The highest BCUT2D eigenvalue weighted by Crippen LogP contribution is 2.28. The maximum atomic E-state index is 12.2. The van der Waals surface area contributed by atoms with Crippen LogP contribution in [0.4, 0.5) is 0 Å². The van der Waals surface area contributed by atoms with Crippen molar-refractivity contribution in [2.75, 3.05) is 6.54 Å². The van der Waals surface area contributed by atoms with Crippen molar-refractivity contribution in [2.24, 2.45) is 11.7 Å². The second-order valence-corrected chi connectivity index (χ2v) is 6.83. The number of nitrogens with one attached hydrogen (secondary N) is 2. The van der Waals surface area contributed by atoms with Crippen molar-refractivity contribution in [2.45, 2.75) is 76.3 Å². The van der Waals surface area contributed by atoms with Crippen molar-refractivity contribution in [3.8, 4) is 0 Å². The number of nitrogens with two attached hydrogens (primary N) is 1. The summed E-state index contributed by atoms with van der Waals surface area (Å²) in [6.45, 7) is 2.40. The summed E-state index contributed by atoms with van der Waals surface area (Å²) in [6, 6.07) is -0.116. The van der Waals surface area contributed by atoms with E-state index in [1.807, 2.05) is 6.92 Å². The van der Waals surface area contributed by atoms with Crippen LogP contribution >= 0.6 is 0 Å². The summed E-state index contributed by atoms with van der Waals surface area (Å²) < 4.78 is 0. The molecule has 5 nitrogen and oxygen atoms in total. The van der Waals surface area contributed by atoms with Gasteiger partial charge in [-0.2, -0.15) is 0 Å². The Labute approximate surface area is 127 Å². The Hall–Kier alpha value is -1.10. The second-order valence-electron chi connectivity index (χ2n) is 6.83. The van der Waals surface area contributed by atoms with Crippen molar-refractivity contribution in [3.63, 3.8) is 0 Å². The predicted octanol–water partition coefficient (Wildman–Crippen LogP) is 1.46. The van der Waals surface area contributed by atoms with Crippen molar-refractivity contribution < 1.29 is 9.59 Å². The standard InChI is InChI=1S/C16H29N3O2/c1-12(18-15(21)13-6-2-3-7-13)10-14(20)19-16(11-17)8-4-5-9-16/h12-13H,2-11,17H2,1H3,(H,18,21)(H,19,20). The Balaban J connectivity index is 1.75. The summed E-state index contributed by atoms with van der Waals surface area (Å²) in [7, 11) is 0. The lowest BCUT2D eigenvalue weighted by molar-refractivity contribution is -0.126. The van der Waals surface area contributed by atoms with Crippen LogP contribution in [0, 0.1) is 5.92 Å². The number of rotatable bonds is 6. The Kier molecular flexibility index (Phi) is 5.62. The van der Waals surface area contributed by atoms with Gasteiger partial charge in [0.1, 0.15) is 0 Å². The molecule has 0 saturated heterocycles. The zero-order valence-corrected chi connectivity index (χ0v) is 13.1. The SMILES string of the molecule is CC(CC(=O)NC1(CN)CCCC1)NC(=O)C1CCCC1. The summed E-state index contributed by atoms with van der Waals surface area (Å²) in [5.41, 5.74) is 5.62. The molecule has 1 atom stereocenters. The highest BCUT2D eigenvalue weighted by Gasteiger charge is 2.34. The molecule has 2 aliphatic rings. The molecule has 0 aromatic rings. The number of carbonyl (C=O) groups is 2. The van der Waals surface area contributed by atoms with Crippen LogP contribution in [0.25, 0.3) is 0 Å². The van der Waals surface area contributed by atoms with Gasteiger partial charge in [0.25, 0.3) is 0 Å². The lowest BCUT2D eigenvalue weighted by atomic mass is 9.97. The number of hydrogen-bond acceptors (Lipinski definition) is 3. The molecular formula is C16H29N3O2. The molecule has 0 radical (unpaired) electrons. The van der Waals surface area contributed by atoms with E-state index in [4.69, 9.17) is 5.73 Å². The molecule has 120 valence electrons. The van der Waals surface area contributed by atoms with Crippen LogP contribution < -0.4 is 16.4 Å². The monoisotopic (exact) mass is 295 g/mol. The van der Waals surface area contributed by atoms with Crippen molar-refractivity contribution in [1.82, 2.24) is 10.6 Å². The Morgan fingerprint density at radius 2 is 1.81 bits per heavy atom. The summed E-state index contributed by atoms with van der Waals surface area (Å²) in [5.74, 6) is 0.268. The molecule has 0 spiro atoms. The smallest absolute Gasteiger partial charge is 0.223 e. The van der Waals surface area contributed by atoms with Gasteiger partial charge in [-0.1, -0.05) is 25.7 Å². The Bertz CT molecular complexity index is 372. The maximum Gasteiger partial charge on any atom is 0.223 e. The van der Waals surface area contributed by atoms with Gasteiger partial charge in [-0.25, -0.2) is 0 Å². The van der Waals surface area contributed by atoms with Crippen molar-refractivity contribution >= 4 is 11.8 Å². The molecule has 2 aliphatic carbocycles. The summed E-state index contributed by atoms with van der Waals surface area (Å²) in [6.07, 6.45) is 8.80. The topological polar surface area (TPSA) is 84.2 Å². The van der Waals surface area contributed by atoms with E-state index < -0.39 is 0 Å². The van der Waals surface area contributed by atoms with Crippen LogP contribution in [0.5, 0.6) is 0 Å². The van der Waals surface area contributed by atoms with Gasteiger partial charge < -0.3 is 16.4 Å². The van der Waals surface area contributed by atoms with Crippen molar-refractivity contribution in [3.05, 3.63) is 0 Å². The molecule has 2 saturated carbocycles. The van der Waals surface area contributed by atoms with Crippen LogP contribution in [-0.4, -0.2) is 29.9 Å². The zero-order valence-electron chi connectivity index (χ0n) is 13.1. The highest BCUT2D eigenvalue weighted by atomic mass is 16.2. The third kappa shape index (κ3) is 4.43. The molecule has 0 aromatic heterocycles. The van der Waals surface area contributed by atoms with E-state index >= 15 is 0 Å². The number of hydrogen-bond donors (Lipinski definition) is 3. The average molecular weight is 295 g/mol. The van der Waals surface area contributed by atoms with E-state index in [-0.39, 0.29) is 29.3 Å². The summed E-state index contributed by atoms with van der Waals surface area (Å²) in [5, 5.41) is 6.08. The van der Waals surface area contributed by atoms with Gasteiger partial charge in [0.2, 0.25) is 11.8 Å². The fourth-order valence-electron chi connectivity index (χ4n) is 3.66. The maximum absolute atomic E-state index is 12.2. The van der Waals surface area contributed by atoms with Gasteiger partial charge >= 0.3 is 0 Å². The van der Waals surface area contributed by atoms with Crippen LogP contribution in [0.2, 0.25) is 0 Å². The van der Waals surface area contributed by atoms with Crippen LogP contribution in [0.1, 0.15) is 64.7 Å². The summed E-state index contributed by atoms with van der Waals surface area (Å²) >= 11 is 0. The largest absolute Gasteiger partial charge is 0.353 e. The minimum absolute atomic E-state index is 0.00146. The van der Waals surface area contributed by atoms with Crippen molar-refractivity contribution in [1.29, 1.82) is 0 Å². The van der Waals surface area contributed by atoms with Crippen LogP contribution in [0.15, 0.2) is 0 Å². The molecule has 5 heteroatoms. The van der Waals surface area contributed by atoms with Gasteiger partial charge in [-0.05, 0) is 32.6 Å². The molecule has 1 unspecified atom stereocenters. The Morgan fingerprint density at radius 1 is 1.19 bits per heavy atom. The quantitative estimate of drug-likeness (QED) is 0.693. The molecule has 4 N–H and O–H groups in total. The molecule has 2 fully saturated rings. The molecule has 0 heterocycles. The van der Waals surface area contributed by atoms with Gasteiger partial charge in [0.15, 0.2) is 0 Å². The third-order valence-electron chi connectivity index (χ3n) is 4.96. The third-order valence-corrected chi connectivity index (χ3v) is 4.96. The highest BCUT2D eigenvalue weighted by molar-refractivity contribution is 5.81. The molecular weight excluding hydrogens is 266 g/mol. The first-order chi connectivity index (χ1) is 10.0. The van der Waals surface area contributed by atoms with Crippen LogP contribution in [-0.2, 0) is 9.59 Å². The summed E-state index contributed by atoms with van der Waals surface area (Å²) in [4.78, 5) is 24.2. The van der Waals surface area contributed by atoms with E-state index in [1.54, 1.807) is 0 Å². The van der Waals surface area contributed by atoms with E-state index in [2.05, 4.69) is 10.6 Å². The minimum Gasteiger partial charge on any atom is -0.353 e. The first kappa shape index (κ1) is 16.3. The predicted molar refractivity (Wildman–Crippen MR) is 82.6 cm³/mol. The number of amides is 2. The van der Waals surface area contributed by atoms with Gasteiger partial charge in [-0.15, -0.1) is 0 Å². The molecule has 0 aromatic carbocycles. The lowest BCUT2D eigenvalue weighted by Crippen LogP contribution is -2.52. The first-order valence-electron chi connectivity index (χ1n) is 8.36. The van der Waals surface area contributed by atoms with E-state index in [9.17, 15) is 9.59 Å². The van der Waals surface area contributed by atoms with E-state index in [1.165, 1.54) is 0 Å². The minimum atomic E-state index is -0.202. The molecule has 21 heavy (non-hydrogen) atoms. The van der Waals surface area contributed by atoms with E-state index in [0.29, 0.717) is 13.0 Å². The fourth-order valence-corrected chi connectivity index (χ4v) is 3.66. The number of carbonyl (C=O) groups excluding carboxylic acids is 2. The zero-order chi connectivity index (χ0) is 15.3. The van der Waals surface area contributed by atoms with Crippen LogP contribution in [0.3, 0.4) is 0 Å². The van der Waals surface area contributed by atoms with Gasteiger partial charge in [0.05, 0.1) is 5.54 Å². The second kappa shape index (κ2) is 7.25. The van der Waals surface area contributed by atoms with Gasteiger partial charge in [-0.3, -0.25) is 9.59 Å². The van der Waals surface area contributed by atoms with E-state index in [0.717, 1.165) is 51.4 Å². The molecule has 0 aliphatic heterocycles. The Morgan fingerprint density at radius 3 is 2.38 bits per heavy atom. The lowest BCUT2D eigenvalue weighted by Gasteiger charge is -2.29.